The van der Waals surface area contributed by atoms with Gasteiger partial charge in [-0.1, -0.05) is 6.92 Å². The van der Waals surface area contributed by atoms with E-state index in [9.17, 15) is 0 Å². The Morgan fingerprint density at radius 1 is 1.32 bits per heavy atom. The highest BCUT2D eigenvalue weighted by Gasteiger charge is 2.08. The number of anilines is 1. The van der Waals surface area contributed by atoms with Gasteiger partial charge in [0.15, 0.2) is 0 Å². The van der Waals surface area contributed by atoms with E-state index >= 15 is 0 Å². The number of aryl methyl sites for hydroxylation is 1. The lowest BCUT2D eigenvalue weighted by atomic mass is 10.2. The number of rotatable bonds is 6. The van der Waals surface area contributed by atoms with Crippen molar-refractivity contribution in [1.82, 2.24) is 15.3 Å². The van der Waals surface area contributed by atoms with Crippen LogP contribution in [0.25, 0.3) is 0 Å². The van der Waals surface area contributed by atoms with E-state index in [4.69, 9.17) is 4.42 Å². The minimum Gasteiger partial charge on any atom is -0.469 e. The van der Waals surface area contributed by atoms with E-state index in [-0.39, 0.29) is 0 Å². The Labute approximate surface area is 113 Å². The summed E-state index contributed by atoms with van der Waals surface area (Å²) in [5, 5.41) is 3.23. The van der Waals surface area contributed by atoms with Gasteiger partial charge in [-0.25, -0.2) is 4.98 Å². The molecule has 0 unspecified atom stereocenters. The van der Waals surface area contributed by atoms with E-state index in [1.54, 1.807) is 6.26 Å². The summed E-state index contributed by atoms with van der Waals surface area (Å²) in [5.74, 6) is 1.81. The Hall–Kier alpha value is -1.88. The molecular weight excluding hydrogens is 240 g/mol. The first-order valence-electron chi connectivity index (χ1n) is 6.46. The summed E-state index contributed by atoms with van der Waals surface area (Å²) < 4.78 is 5.29. The normalized spacial score (nSPS) is 10.7. The van der Waals surface area contributed by atoms with E-state index in [2.05, 4.69) is 27.1 Å². The van der Waals surface area contributed by atoms with Crippen LogP contribution >= 0.6 is 0 Å². The second kappa shape index (κ2) is 6.33. The van der Waals surface area contributed by atoms with Gasteiger partial charge in [-0.3, -0.25) is 4.98 Å². The predicted molar refractivity (Wildman–Crippen MR) is 75.0 cm³/mol. The Kier molecular flexibility index (Phi) is 4.52. The summed E-state index contributed by atoms with van der Waals surface area (Å²) in [7, 11) is 2.00. The topological polar surface area (TPSA) is 54.2 Å². The maximum absolute atomic E-state index is 5.29. The fourth-order valence-electron chi connectivity index (χ4n) is 1.80. The first-order chi connectivity index (χ1) is 9.20. The van der Waals surface area contributed by atoms with Crippen molar-refractivity contribution in [3.8, 4) is 0 Å². The lowest BCUT2D eigenvalue weighted by Gasteiger charge is -2.17. The molecule has 0 saturated heterocycles. The molecule has 0 aromatic carbocycles. The average molecular weight is 260 g/mol. The highest BCUT2D eigenvalue weighted by molar-refractivity contribution is 5.36. The van der Waals surface area contributed by atoms with E-state index in [1.165, 1.54) is 5.56 Å². The summed E-state index contributed by atoms with van der Waals surface area (Å²) in [4.78, 5) is 10.9. The van der Waals surface area contributed by atoms with Crippen LogP contribution in [0.3, 0.4) is 0 Å². The number of aromatic nitrogens is 2. The molecule has 0 saturated carbocycles. The van der Waals surface area contributed by atoms with Crippen LogP contribution in [-0.4, -0.2) is 23.6 Å². The molecule has 0 amide bonds. The third kappa shape index (κ3) is 3.54. The molecular formula is C14H20N4O. The van der Waals surface area contributed by atoms with Crippen molar-refractivity contribution < 1.29 is 4.42 Å². The summed E-state index contributed by atoms with van der Waals surface area (Å²) in [6.45, 7) is 6.50. The van der Waals surface area contributed by atoms with Gasteiger partial charge in [0.05, 0.1) is 24.4 Å². The minimum atomic E-state index is 0.758. The zero-order valence-electron chi connectivity index (χ0n) is 11.7. The SMILES string of the molecule is CCNCc1cnc(N(C)Cc2ccoc2C)cn1. The molecule has 2 aromatic rings. The van der Waals surface area contributed by atoms with E-state index in [0.29, 0.717) is 0 Å². The van der Waals surface area contributed by atoms with Crippen molar-refractivity contribution in [2.24, 2.45) is 0 Å². The van der Waals surface area contributed by atoms with Gasteiger partial charge in [0.1, 0.15) is 11.6 Å². The molecule has 2 rings (SSSR count). The van der Waals surface area contributed by atoms with Crippen molar-refractivity contribution in [2.45, 2.75) is 26.9 Å². The van der Waals surface area contributed by atoms with Crippen LogP contribution in [0, 0.1) is 6.92 Å². The maximum Gasteiger partial charge on any atom is 0.147 e. The van der Waals surface area contributed by atoms with E-state index in [0.717, 1.165) is 36.9 Å². The van der Waals surface area contributed by atoms with E-state index in [1.807, 2.05) is 32.4 Å². The number of nitrogens with zero attached hydrogens (tertiary/aromatic N) is 3. The number of furan rings is 1. The third-order valence-electron chi connectivity index (χ3n) is 3.01. The molecule has 19 heavy (non-hydrogen) atoms. The molecule has 0 radical (unpaired) electrons. The number of hydrogen-bond donors (Lipinski definition) is 1. The van der Waals surface area contributed by atoms with Crippen LogP contribution in [-0.2, 0) is 13.1 Å². The maximum atomic E-state index is 5.29. The minimum absolute atomic E-state index is 0.758. The fourth-order valence-corrected chi connectivity index (χ4v) is 1.80. The van der Waals surface area contributed by atoms with Crippen molar-refractivity contribution in [3.63, 3.8) is 0 Å². The van der Waals surface area contributed by atoms with Crippen LogP contribution in [0.4, 0.5) is 5.82 Å². The van der Waals surface area contributed by atoms with Crippen LogP contribution in [0.2, 0.25) is 0 Å². The van der Waals surface area contributed by atoms with Gasteiger partial charge in [-0.15, -0.1) is 0 Å². The first-order valence-corrected chi connectivity index (χ1v) is 6.46. The molecule has 0 aliphatic carbocycles. The largest absolute Gasteiger partial charge is 0.469 e. The summed E-state index contributed by atoms with van der Waals surface area (Å²) >= 11 is 0. The van der Waals surface area contributed by atoms with Crippen LogP contribution in [0.15, 0.2) is 29.1 Å². The molecule has 0 spiro atoms. The second-order valence-electron chi connectivity index (χ2n) is 4.50. The van der Waals surface area contributed by atoms with Crippen molar-refractivity contribution >= 4 is 5.82 Å². The Balaban J connectivity index is 1.99. The standard InChI is InChI=1S/C14H20N4O/c1-4-15-7-13-8-17-14(9-16-13)18(3)10-12-5-6-19-11(12)2/h5-6,8-9,15H,4,7,10H2,1-3H3. The smallest absolute Gasteiger partial charge is 0.147 e. The van der Waals surface area contributed by atoms with Gasteiger partial charge < -0.3 is 14.6 Å². The highest BCUT2D eigenvalue weighted by atomic mass is 16.3. The predicted octanol–water partition coefficient (Wildman–Crippen LogP) is 2.12. The summed E-state index contributed by atoms with van der Waals surface area (Å²) in [5.41, 5.74) is 2.12. The van der Waals surface area contributed by atoms with Crippen LogP contribution in [0.1, 0.15) is 23.9 Å². The van der Waals surface area contributed by atoms with Gasteiger partial charge in [-0.05, 0) is 19.5 Å². The van der Waals surface area contributed by atoms with Crippen molar-refractivity contribution in [2.75, 3.05) is 18.5 Å². The molecule has 102 valence electrons. The monoisotopic (exact) mass is 260 g/mol. The third-order valence-corrected chi connectivity index (χ3v) is 3.01. The molecule has 0 aliphatic heterocycles. The van der Waals surface area contributed by atoms with Gasteiger partial charge >= 0.3 is 0 Å². The number of hydrogen-bond acceptors (Lipinski definition) is 5. The van der Waals surface area contributed by atoms with Gasteiger partial charge in [0.2, 0.25) is 0 Å². The molecule has 0 fully saturated rings. The Morgan fingerprint density at radius 3 is 2.74 bits per heavy atom. The zero-order chi connectivity index (χ0) is 13.7. The molecule has 2 aromatic heterocycles. The molecule has 5 nitrogen and oxygen atoms in total. The van der Waals surface area contributed by atoms with Gasteiger partial charge in [0.25, 0.3) is 0 Å². The quantitative estimate of drug-likeness (QED) is 0.862. The van der Waals surface area contributed by atoms with Crippen molar-refractivity contribution in [3.05, 3.63) is 41.7 Å². The van der Waals surface area contributed by atoms with Gasteiger partial charge in [0, 0.05) is 25.7 Å². The first kappa shape index (κ1) is 13.5. The average Bonchev–Trinajstić information content (AvgIpc) is 2.82. The zero-order valence-corrected chi connectivity index (χ0v) is 11.7. The molecule has 5 heteroatoms. The van der Waals surface area contributed by atoms with Crippen molar-refractivity contribution in [1.29, 1.82) is 0 Å². The Bertz CT molecular complexity index is 506. The molecule has 2 heterocycles. The molecule has 1 N–H and O–H groups in total. The summed E-state index contributed by atoms with van der Waals surface area (Å²) in [6, 6.07) is 1.98. The highest BCUT2D eigenvalue weighted by Crippen LogP contribution is 2.15. The van der Waals surface area contributed by atoms with Gasteiger partial charge in [-0.2, -0.15) is 0 Å². The lowest BCUT2D eigenvalue weighted by Crippen LogP contribution is -2.19. The van der Waals surface area contributed by atoms with Crippen LogP contribution < -0.4 is 10.2 Å². The summed E-state index contributed by atoms with van der Waals surface area (Å²) in [6.07, 6.45) is 5.34. The lowest BCUT2D eigenvalue weighted by molar-refractivity contribution is 0.529. The van der Waals surface area contributed by atoms with E-state index < -0.39 is 0 Å². The van der Waals surface area contributed by atoms with Crippen LogP contribution in [0.5, 0.6) is 0 Å². The number of nitrogens with one attached hydrogen (secondary N) is 1. The Morgan fingerprint density at radius 2 is 2.16 bits per heavy atom. The second-order valence-corrected chi connectivity index (χ2v) is 4.50. The molecule has 0 aliphatic rings. The molecule has 0 atom stereocenters. The fraction of sp³-hybridized carbons (Fsp3) is 0.429. The molecule has 0 bridgehead atoms.